The molecule has 0 fully saturated rings. The number of para-hydroxylation sites is 1. The minimum Gasteiger partial charge on any atom is -0.296 e. The van der Waals surface area contributed by atoms with E-state index < -0.39 is 0 Å². The number of nitrogens with zero attached hydrogens (tertiary/aromatic N) is 5. The third-order valence-corrected chi connectivity index (χ3v) is 8.47. The van der Waals surface area contributed by atoms with Crippen molar-refractivity contribution in [2.24, 2.45) is 4.99 Å². The Balaban J connectivity index is 1.33. The first-order chi connectivity index (χ1) is 19.5. The summed E-state index contributed by atoms with van der Waals surface area (Å²) >= 11 is 8.04. The second-order valence-corrected chi connectivity index (χ2v) is 11.0. The van der Waals surface area contributed by atoms with Crippen LogP contribution in [0.3, 0.4) is 0 Å². The molecule has 4 heterocycles. The SMILES string of the molecule is Cc1nnc2n1-c1sc(C#CCn3c(=O)c4ccccc4c4ccccc43)cc1C(C1=CC(=O)CC=C1Cl)=NC2. The van der Waals surface area contributed by atoms with Crippen LogP contribution < -0.4 is 5.56 Å². The highest BCUT2D eigenvalue weighted by Crippen LogP contribution is 2.35. The van der Waals surface area contributed by atoms with Gasteiger partial charge in [0.1, 0.15) is 17.4 Å². The molecule has 1 aliphatic carbocycles. The van der Waals surface area contributed by atoms with E-state index in [0.29, 0.717) is 34.1 Å². The Morgan fingerprint density at radius 3 is 2.65 bits per heavy atom. The Bertz CT molecular complexity index is 2120. The van der Waals surface area contributed by atoms with Crippen LogP contribution in [-0.2, 0) is 17.9 Å². The number of allylic oxidation sites excluding steroid dienone is 4. The Morgan fingerprint density at radius 1 is 1.02 bits per heavy atom. The molecule has 194 valence electrons. The molecule has 7 rings (SSSR count). The van der Waals surface area contributed by atoms with Crippen LogP contribution in [0.4, 0.5) is 0 Å². The van der Waals surface area contributed by atoms with E-state index in [4.69, 9.17) is 16.6 Å². The maximum atomic E-state index is 13.4. The lowest BCUT2D eigenvalue weighted by Crippen LogP contribution is -2.20. The number of benzene rings is 2. The summed E-state index contributed by atoms with van der Waals surface area (Å²) in [6.07, 6.45) is 3.55. The molecule has 7 nitrogen and oxygen atoms in total. The largest absolute Gasteiger partial charge is 0.296 e. The number of aliphatic imine (C=N–C) groups is 1. The fourth-order valence-electron chi connectivity index (χ4n) is 5.25. The van der Waals surface area contributed by atoms with Gasteiger partial charge in [-0.3, -0.25) is 23.7 Å². The molecule has 0 saturated carbocycles. The Hall–Kier alpha value is -4.58. The number of hydrogen-bond donors (Lipinski definition) is 0. The van der Waals surface area contributed by atoms with Crippen molar-refractivity contribution in [3.05, 3.63) is 110 Å². The van der Waals surface area contributed by atoms with Crippen molar-refractivity contribution in [2.45, 2.75) is 26.4 Å². The second kappa shape index (κ2) is 9.56. The van der Waals surface area contributed by atoms with Gasteiger partial charge in [-0.15, -0.1) is 21.5 Å². The van der Waals surface area contributed by atoms with E-state index in [1.165, 1.54) is 11.3 Å². The van der Waals surface area contributed by atoms with Gasteiger partial charge in [0.15, 0.2) is 11.6 Å². The topological polar surface area (TPSA) is 82.1 Å². The van der Waals surface area contributed by atoms with Crippen LogP contribution in [0, 0.1) is 18.8 Å². The molecule has 0 saturated heterocycles. The van der Waals surface area contributed by atoms with Crippen LogP contribution in [0.1, 0.15) is 28.5 Å². The van der Waals surface area contributed by atoms with Gasteiger partial charge in [-0.2, -0.15) is 0 Å². The van der Waals surface area contributed by atoms with Crippen LogP contribution in [-0.4, -0.2) is 30.8 Å². The summed E-state index contributed by atoms with van der Waals surface area (Å²) in [7, 11) is 0. The van der Waals surface area contributed by atoms with Crippen LogP contribution in [0.2, 0.25) is 0 Å². The van der Waals surface area contributed by atoms with Crippen molar-refractivity contribution < 1.29 is 4.79 Å². The Morgan fingerprint density at radius 2 is 1.80 bits per heavy atom. The molecule has 0 spiro atoms. The fourth-order valence-corrected chi connectivity index (χ4v) is 6.57. The molecule has 9 heteroatoms. The quantitative estimate of drug-likeness (QED) is 0.211. The summed E-state index contributed by atoms with van der Waals surface area (Å²) in [6.45, 7) is 2.44. The zero-order valence-electron chi connectivity index (χ0n) is 21.3. The standard InChI is InChI=1S/C31H20ClN5O2S/c1-18-34-35-28-17-33-29(24-15-19(38)12-13-26(24)32)25-16-20(40-31(25)37(18)28)7-6-14-36-27-11-5-4-9-22(27)21-8-2-3-10-23(21)30(36)39/h2-5,8-11,13,15-16H,12,14,17H2,1H3. The van der Waals surface area contributed by atoms with E-state index in [9.17, 15) is 9.59 Å². The first-order valence-electron chi connectivity index (χ1n) is 12.7. The number of carbonyl (C=O) groups excluding carboxylic acids is 1. The highest BCUT2D eigenvalue weighted by molar-refractivity contribution is 7.15. The smallest absolute Gasteiger partial charge is 0.259 e. The van der Waals surface area contributed by atoms with E-state index >= 15 is 0 Å². The summed E-state index contributed by atoms with van der Waals surface area (Å²) < 4.78 is 3.70. The number of hydrogen-bond acceptors (Lipinski definition) is 6. The molecule has 0 N–H and O–H groups in total. The molecule has 0 unspecified atom stereocenters. The molecule has 5 aromatic rings. The second-order valence-electron chi connectivity index (χ2n) is 9.53. The zero-order chi connectivity index (χ0) is 27.4. The average molecular weight is 562 g/mol. The molecule has 40 heavy (non-hydrogen) atoms. The van der Waals surface area contributed by atoms with E-state index in [1.54, 1.807) is 16.7 Å². The molecule has 2 aliphatic rings. The lowest BCUT2D eigenvalue weighted by molar-refractivity contribution is -0.113. The van der Waals surface area contributed by atoms with Crippen molar-refractivity contribution in [2.75, 3.05) is 0 Å². The van der Waals surface area contributed by atoms with Gasteiger partial charge in [0.05, 0.1) is 22.7 Å². The third kappa shape index (κ3) is 3.94. The van der Waals surface area contributed by atoms with Crippen LogP contribution in [0.25, 0.3) is 26.7 Å². The van der Waals surface area contributed by atoms with Crippen molar-refractivity contribution in [3.8, 4) is 16.8 Å². The number of aryl methyl sites for hydroxylation is 1. The molecule has 2 aromatic carbocycles. The molecule has 1 aliphatic heterocycles. The number of rotatable bonds is 2. The molecule has 0 radical (unpaired) electrons. The summed E-state index contributed by atoms with van der Waals surface area (Å²) in [5, 5.41) is 12.5. The van der Waals surface area contributed by atoms with Gasteiger partial charge in [0.25, 0.3) is 5.56 Å². The molecule has 0 atom stereocenters. The van der Waals surface area contributed by atoms with Crippen molar-refractivity contribution >= 4 is 56.1 Å². The monoisotopic (exact) mass is 561 g/mol. The molecular formula is C31H20ClN5O2S. The van der Waals surface area contributed by atoms with Gasteiger partial charge < -0.3 is 0 Å². The highest BCUT2D eigenvalue weighted by Gasteiger charge is 2.27. The Labute approximate surface area is 237 Å². The average Bonchev–Trinajstić information content (AvgIpc) is 3.51. The van der Waals surface area contributed by atoms with E-state index in [1.807, 2.05) is 66.1 Å². The van der Waals surface area contributed by atoms with Crippen LogP contribution in [0.15, 0.2) is 87.1 Å². The zero-order valence-corrected chi connectivity index (χ0v) is 22.9. The molecule has 3 aromatic heterocycles. The number of thiophene rings is 1. The predicted octanol–water partition coefficient (Wildman–Crippen LogP) is 5.48. The lowest BCUT2D eigenvalue weighted by Gasteiger charge is -2.13. The third-order valence-electron chi connectivity index (χ3n) is 7.08. The number of carbonyl (C=O) groups is 1. The minimum absolute atomic E-state index is 0.0215. The first-order valence-corrected chi connectivity index (χ1v) is 13.9. The van der Waals surface area contributed by atoms with Crippen LogP contribution >= 0.6 is 22.9 Å². The first kappa shape index (κ1) is 24.5. The van der Waals surface area contributed by atoms with Gasteiger partial charge in [-0.05, 0) is 36.6 Å². The van der Waals surface area contributed by atoms with Crippen molar-refractivity contribution in [1.82, 2.24) is 19.3 Å². The molecule has 0 bridgehead atoms. The van der Waals surface area contributed by atoms with Gasteiger partial charge in [-0.1, -0.05) is 65.9 Å². The number of halogens is 1. The predicted molar refractivity (Wildman–Crippen MR) is 158 cm³/mol. The lowest BCUT2D eigenvalue weighted by atomic mass is 9.97. The fraction of sp³-hybridized carbons (Fsp3) is 0.129. The molecular weight excluding hydrogens is 542 g/mol. The van der Waals surface area contributed by atoms with E-state index in [0.717, 1.165) is 37.6 Å². The maximum absolute atomic E-state index is 13.4. The van der Waals surface area contributed by atoms with Gasteiger partial charge >= 0.3 is 0 Å². The highest BCUT2D eigenvalue weighted by atomic mass is 35.5. The summed E-state index contributed by atoms with van der Waals surface area (Å²) in [4.78, 5) is 31.3. The number of ketones is 1. The number of fused-ring (bicyclic) bond motifs is 6. The van der Waals surface area contributed by atoms with Gasteiger partial charge in [0, 0.05) is 33.4 Å². The van der Waals surface area contributed by atoms with Gasteiger partial charge in [-0.25, -0.2) is 0 Å². The van der Waals surface area contributed by atoms with Crippen molar-refractivity contribution in [3.63, 3.8) is 0 Å². The summed E-state index contributed by atoms with van der Waals surface area (Å²) in [5.41, 5.74) is 2.83. The van der Waals surface area contributed by atoms with E-state index in [-0.39, 0.29) is 24.3 Å². The van der Waals surface area contributed by atoms with Crippen LogP contribution in [0.5, 0.6) is 0 Å². The summed E-state index contributed by atoms with van der Waals surface area (Å²) in [5.74, 6) is 7.90. The number of aromatic nitrogens is 4. The molecule has 0 amide bonds. The Kier molecular flexibility index (Phi) is 5.84. The normalized spacial score (nSPS) is 14.6. The maximum Gasteiger partial charge on any atom is 0.259 e. The van der Waals surface area contributed by atoms with Gasteiger partial charge in [0.2, 0.25) is 0 Å². The number of pyridine rings is 1. The minimum atomic E-state index is -0.0694. The van der Waals surface area contributed by atoms with E-state index in [2.05, 4.69) is 22.0 Å². The van der Waals surface area contributed by atoms with Crippen molar-refractivity contribution in [1.29, 1.82) is 0 Å². The summed E-state index contributed by atoms with van der Waals surface area (Å²) in [6, 6.07) is 17.5.